The molecule has 0 amide bonds. The van der Waals surface area contributed by atoms with E-state index >= 15 is 0 Å². The van der Waals surface area contributed by atoms with Crippen LogP contribution in [0.25, 0.3) is 5.69 Å². The van der Waals surface area contributed by atoms with Gasteiger partial charge in [0.1, 0.15) is 5.82 Å². The number of aryl methyl sites for hydroxylation is 2. The number of carbonyl (C=O) groups is 1. The quantitative estimate of drug-likeness (QED) is 0.799. The molecule has 3 aromatic rings. The second kappa shape index (κ2) is 5.58. The highest BCUT2D eigenvalue weighted by molar-refractivity contribution is 5.87. The summed E-state index contributed by atoms with van der Waals surface area (Å²) in [6.07, 6.45) is 4.40. The molecule has 0 saturated carbocycles. The van der Waals surface area contributed by atoms with Gasteiger partial charge in [0.25, 0.3) is 0 Å². The number of hydrogen-bond donors (Lipinski definition) is 1. The summed E-state index contributed by atoms with van der Waals surface area (Å²) < 4.78 is 3.33. The van der Waals surface area contributed by atoms with Crippen LogP contribution >= 0.6 is 0 Å². The van der Waals surface area contributed by atoms with Crippen molar-refractivity contribution in [3.63, 3.8) is 0 Å². The molecular weight excluding hydrogens is 316 g/mol. The van der Waals surface area contributed by atoms with Crippen molar-refractivity contribution in [3.05, 3.63) is 69.9 Å². The molecule has 0 bridgehead atoms. The molecule has 128 valence electrons. The standard InChI is InChI=1S/C19H20N4O2/c1-4-15-16(17-11(2)21-19(25)23(17)18(15)24)13-5-7-14(8-6-13)22-10-9-20-12(22)3/h5-10,15-16H,4H2,1-3H3,(H,21,25). The van der Waals surface area contributed by atoms with Crippen LogP contribution in [0.3, 0.4) is 0 Å². The first-order valence-electron chi connectivity index (χ1n) is 8.49. The van der Waals surface area contributed by atoms with Crippen molar-refractivity contribution in [2.75, 3.05) is 0 Å². The molecule has 2 atom stereocenters. The van der Waals surface area contributed by atoms with E-state index in [4.69, 9.17) is 0 Å². The van der Waals surface area contributed by atoms with Crippen LogP contribution in [0, 0.1) is 19.8 Å². The van der Waals surface area contributed by atoms with Gasteiger partial charge >= 0.3 is 5.69 Å². The molecule has 3 heterocycles. The molecule has 6 nitrogen and oxygen atoms in total. The lowest BCUT2D eigenvalue weighted by Crippen LogP contribution is -2.25. The van der Waals surface area contributed by atoms with Gasteiger partial charge in [-0.1, -0.05) is 19.1 Å². The van der Waals surface area contributed by atoms with Crippen LogP contribution in [0.4, 0.5) is 0 Å². The Labute approximate surface area is 145 Å². The lowest BCUT2D eigenvalue weighted by molar-refractivity contribution is 0.0851. The van der Waals surface area contributed by atoms with Crippen LogP contribution in [0.5, 0.6) is 0 Å². The van der Waals surface area contributed by atoms with Gasteiger partial charge in [-0.15, -0.1) is 0 Å². The number of aromatic nitrogens is 4. The molecule has 2 aromatic heterocycles. The zero-order valence-electron chi connectivity index (χ0n) is 14.5. The molecule has 1 aliphatic heterocycles. The molecule has 0 spiro atoms. The van der Waals surface area contributed by atoms with Gasteiger partial charge in [0.05, 0.1) is 11.6 Å². The van der Waals surface area contributed by atoms with E-state index in [2.05, 4.69) is 9.97 Å². The largest absolute Gasteiger partial charge is 0.332 e. The Hall–Kier alpha value is -2.89. The first-order chi connectivity index (χ1) is 12.0. The number of nitrogens with zero attached hydrogens (tertiary/aromatic N) is 3. The summed E-state index contributed by atoms with van der Waals surface area (Å²) in [5, 5.41) is 0. The normalized spacial score (nSPS) is 19.4. The predicted octanol–water partition coefficient (Wildman–Crippen LogP) is 2.79. The SMILES string of the molecule is CCC1C(=O)n2c(c(C)[nH]c2=O)C1c1ccc(-n2ccnc2C)cc1. The van der Waals surface area contributed by atoms with Crippen molar-refractivity contribution in [1.82, 2.24) is 19.1 Å². The summed E-state index contributed by atoms with van der Waals surface area (Å²) in [4.78, 5) is 31.8. The molecule has 1 N–H and O–H groups in total. The first-order valence-corrected chi connectivity index (χ1v) is 8.49. The monoisotopic (exact) mass is 336 g/mol. The van der Waals surface area contributed by atoms with Gasteiger partial charge in [-0.25, -0.2) is 14.3 Å². The highest BCUT2D eigenvalue weighted by atomic mass is 16.2. The number of imidazole rings is 2. The van der Waals surface area contributed by atoms with Crippen LogP contribution in [0.1, 0.15) is 46.8 Å². The summed E-state index contributed by atoms with van der Waals surface area (Å²) in [5.74, 6) is 0.531. The zero-order valence-corrected chi connectivity index (χ0v) is 14.5. The van der Waals surface area contributed by atoms with Crippen LogP contribution in [-0.2, 0) is 0 Å². The third kappa shape index (κ3) is 2.21. The summed E-state index contributed by atoms with van der Waals surface area (Å²) >= 11 is 0. The third-order valence-electron chi connectivity index (χ3n) is 5.15. The molecule has 2 unspecified atom stereocenters. The summed E-state index contributed by atoms with van der Waals surface area (Å²) in [6.45, 7) is 5.81. The second-order valence-electron chi connectivity index (χ2n) is 6.54. The van der Waals surface area contributed by atoms with Gasteiger partial charge in [0.15, 0.2) is 0 Å². The average Bonchev–Trinajstić information content (AvgIpc) is 3.23. The van der Waals surface area contributed by atoms with Gasteiger partial charge in [-0.05, 0) is 38.0 Å². The fraction of sp³-hybridized carbons (Fsp3) is 0.316. The van der Waals surface area contributed by atoms with Crippen molar-refractivity contribution >= 4 is 5.91 Å². The Bertz CT molecular complexity index is 1010. The van der Waals surface area contributed by atoms with E-state index < -0.39 is 0 Å². The molecule has 0 radical (unpaired) electrons. The molecular formula is C19H20N4O2. The number of aromatic amines is 1. The van der Waals surface area contributed by atoms with Crippen molar-refractivity contribution in [1.29, 1.82) is 0 Å². The number of carbonyl (C=O) groups excluding carboxylic acids is 1. The predicted molar refractivity (Wildman–Crippen MR) is 94.3 cm³/mol. The van der Waals surface area contributed by atoms with Gasteiger partial charge < -0.3 is 9.55 Å². The van der Waals surface area contributed by atoms with Crippen LogP contribution in [0.2, 0.25) is 0 Å². The van der Waals surface area contributed by atoms with E-state index in [0.717, 1.165) is 28.5 Å². The number of rotatable bonds is 3. The molecule has 4 rings (SSSR count). The average molecular weight is 336 g/mol. The van der Waals surface area contributed by atoms with E-state index in [1.54, 1.807) is 6.20 Å². The maximum atomic E-state index is 12.7. The number of hydrogen-bond acceptors (Lipinski definition) is 3. The summed E-state index contributed by atoms with van der Waals surface area (Å²) in [6, 6.07) is 8.15. The maximum Gasteiger partial charge on any atom is 0.332 e. The Balaban J connectivity index is 1.80. The van der Waals surface area contributed by atoms with Gasteiger partial charge in [-0.2, -0.15) is 0 Å². The highest BCUT2D eigenvalue weighted by Crippen LogP contribution is 2.41. The molecule has 0 saturated heterocycles. The van der Waals surface area contributed by atoms with E-state index in [1.165, 1.54) is 4.57 Å². The third-order valence-corrected chi connectivity index (χ3v) is 5.15. The van der Waals surface area contributed by atoms with Gasteiger partial charge in [0, 0.05) is 29.7 Å². The lowest BCUT2D eigenvalue weighted by atomic mass is 9.83. The van der Waals surface area contributed by atoms with Crippen molar-refractivity contribution in [3.8, 4) is 5.69 Å². The lowest BCUT2D eigenvalue weighted by Gasteiger charge is -2.18. The fourth-order valence-corrected chi connectivity index (χ4v) is 3.94. The Morgan fingerprint density at radius 2 is 1.88 bits per heavy atom. The topological polar surface area (TPSA) is 72.7 Å². The van der Waals surface area contributed by atoms with E-state index in [9.17, 15) is 9.59 Å². The smallest absolute Gasteiger partial charge is 0.309 e. The zero-order chi connectivity index (χ0) is 17.7. The number of H-pyrrole nitrogens is 1. The van der Waals surface area contributed by atoms with Crippen molar-refractivity contribution in [2.45, 2.75) is 33.1 Å². The first kappa shape index (κ1) is 15.6. The summed E-state index contributed by atoms with van der Waals surface area (Å²) in [7, 11) is 0. The van der Waals surface area contributed by atoms with E-state index in [-0.39, 0.29) is 23.4 Å². The van der Waals surface area contributed by atoms with Crippen molar-refractivity contribution in [2.24, 2.45) is 5.92 Å². The maximum absolute atomic E-state index is 12.7. The minimum Gasteiger partial charge on any atom is -0.309 e. The highest BCUT2D eigenvalue weighted by Gasteiger charge is 2.42. The van der Waals surface area contributed by atoms with Crippen molar-refractivity contribution < 1.29 is 4.79 Å². The number of nitrogens with one attached hydrogen (secondary N) is 1. The Morgan fingerprint density at radius 1 is 1.16 bits per heavy atom. The van der Waals surface area contributed by atoms with E-state index in [0.29, 0.717) is 6.42 Å². The van der Waals surface area contributed by atoms with Crippen LogP contribution in [-0.4, -0.2) is 25.0 Å². The molecule has 0 fully saturated rings. The summed E-state index contributed by atoms with van der Waals surface area (Å²) in [5.41, 5.74) is 3.32. The Kier molecular flexibility index (Phi) is 3.49. The van der Waals surface area contributed by atoms with Gasteiger partial charge in [0.2, 0.25) is 5.91 Å². The Morgan fingerprint density at radius 3 is 2.48 bits per heavy atom. The van der Waals surface area contributed by atoms with Gasteiger partial charge in [-0.3, -0.25) is 4.79 Å². The number of benzene rings is 1. The molecule has 1 aliphatic rings. The minimum absolute atomic E-state index is 0.0885. The second-order valence-corrected chi connectivity index (χ2v) is 6.54. The molecule has 1 aromatic carbocycles. The molecule has 0 aliphatic carbocycles. The van der Waals surface area contributed by atoms with E-state index in [1.807, 2.05) is 55.8 Å². The number of fused-ring (bicyclic) bond motifs is 1. The minimum atomic E-state index is -0.330. The molecule has 25 heavy (non-hydrogen) atoms. The van der Waals surface area contributed by atoms with Crippen LogP contribution < -0.4 is 5.69 Å². The van der Waals surface area contributed by atoms with Crippen LogP contribution in [0.15, 0.2) is 41.5 Å². The molecule has 6 heteroatoms. The fourth-order valence-electron chi connectivity index (χ4n) is 3.94.